The molecule has 96 valence electrons. The fourth-order valence-corrected chi connectivity index (χ4v) is 2.28. The highest BCUT2D eigenvalue weighted by Crippen LogP contribution is 2.26. The van der Waals surface area contributed by atoms with E-state index in [1.54, 1.807) is 11.8 Å². The monoisotopic (exact) mass is 265 g/mol. The molecule has 0 bridgehead atoms. The maximum Gasteiger partial charge on any atom is 0.292 e. The van der Waals surface area contributed by atoms with Crippen molar-refractivity contribution in [3.05, 3.63) is 33.9 Å². The number of benzene rings is 1. The van der Waals surface area contributed by atoms with Gasteiger partial charge in [0, 0.05) is 17.9 Å². The zero-order chi connectivity index (χ0) is 13.5. The van der Waals surface area contributed by atoms with Crippen molar-refractivity contribution in [3.8, 4) is 6.07 Å². The van der Waals surface area contributed by atoms with E-state index in [4.69, 9.17) is 5.26 Å². The fourth-order valence-electron chi connectivity index (χ4n) is 1.56. The normalized spacial score (nSPS) is 11.6. The van der Waals surface area contributed by atoms with Gasteiger partial charge in [0.25, 0.3) is 5.69 Å². The molecule has 0 aromatic heterocycles. The molecule has 0 saturated heterocycles. The number of nitrogens with zero attached hydrogens (tertiary/aromatic N) is 2. The smallest absolute Gasteiger partial charge is 0.292 e. The van der Waals surface area contributed by atoms with Gasteiger partial charge in [0.2, 0.25) is 0 Å². The lowest BCUT2D eigenvalue weighted by atomic mass is 10.1. The van der Waals surface area contributed by atoms with Gasteiger partial charge in [-0.05, 0) is 24.8 Å². The molecule has 0 aliphatic heterocycles. The molecule has 0 radical (unpaired) electrons. The quantitative estimate of drug-likeness (QED) is 0.631. The molecule has 1 atom stereocenters. The summed E-state index contributed by atoms with van der Waals surface area (Å²) >= 11 is 1.68. The van der Waals surface area contributed by atoms with E-state index in [0.29, 0.717) is 11.3 Å². The average Bonchev–Trinajstić information content (AvgIpc) is 2.37. The molecular formula is C12H15N3O2S. The van der Waals surface area contributed by atoms with Crippen molar-refractivity contribution >= 4 is 23.1 Å². The predicted octanol–water partition coefficient (Wildman–Crippen LogP) is 3.02. The topological polar surface area (TPSA) is 79.0 Å². The van der Waals surface area contributed by atoms with Gasteiger partial charge in [-0.1, -0.05) is 6.92 Å². The molecule has 0 amide bonds. The Morgan fingerprint density at radius 1 is 1.61 bits per heavy atom. The summed E-state index contributed by atoms with van der Waals surface area (Å²) in [5, 5.41) is 22.9. The number of nitro groups is 1. The third kappa shape index (κ3) is 3.64. The van der Waals surface area contributed by atoms with Gasteiger partial charge in [-0.2, -0.15) is 17.0 Å². The van der Waals surface area contributed by atoms with Gasteiger partial charge in [-0.25, -0.2) is 0 Å². The summed E-state index contributed by atoms with van der Waals surface area (Å²) in [6.07, 6.45) is 2.86. The van der Waals surface area contributed by atoms with Crippen LogP contribution in [0.3, 0.4) is 0 Å². The molecular weight excluding hydrogens is 250 g/mol. The lowest BCUT2D eigenvalue weighted by molar-refractivity contribution is -0.384. The van der Waals surface area contributed by atoms with Gasteiger partial charge in [-0.15, -0.1) is 0 Å². The van der Waals surface area contributed by atoms with Crippen LogP contribution in [-0.4, -0.2) is 23.0 Å². The second-order valence-electron chi connectivity index (χ2n) is 3.81. The predicted molar refractivity (Wildman–Crippen MR) is 73.9 cm³/mol. The number of hydrogen-bond acceptors (Lipinski definition) is 5. The van der Waals surface area contributed by atoms with Crippen LogP contribution in [0.1, 0.15) is 18.9 Å². The Hall–Kier alpha value is -1.74. The largest absolute Gasteiger partial charge is 0.376 e. The Bertz CT molecular complexity index is 471. The van der Waals surface area contributed by atoms with E-state index >= 15 is 0 Å². The molecule has 5 nitrogen and oxygen atoms in total. The third-order valence-corrected chi connectivity index (χ3v) is 3.28. The summed E-state index contributed by atoms with van der Waals surface area (Å²) in [5.41, 5.74) is 0.843. The highest BCUT2D eigenvalue weighted by Gasteiger charge is 2.16. The molecule has 0 fully saturated rings. The SMILES string of the molecule is CCC(CSC)Nc1cc(C#N)ccc1[N+](=O)[O-]. The maximum absolute atomic E-state index is 10.9. The van der Waals surface area contributed by atoms with Crippen LogP contribution in [0.4, 0.5) is 11.4 Å². The Balaban J connectivity index is 3.04. The number of nitro benzene ring substituents is 1. The first-order valence-electron chi connectivity index (χ1n) is 5.56. The Labute approximate surface area is 110 Å². The summed E-state index contributed by atoms with van der Waals surface area (Å²) in [6, 6.07) is 6.50. The molecule has 0 aliphatic carbocycles. The molecule has 0 spiro atoms. The van der Waals surface area contributed by atoms with Crippen molar-refractivity contribution in [1.29, 1.82) is 5.26 Å². The average molecular weight is 265 g/mol. The van der Waals surface area contributed by atoms with Crippen molar-refractivity contribution < 1.29 is 4.92 Å². The first-order valence-corrected chi connectivity index (χ1v) is 6.95. The van der Waals surface area contributed by atoms with Crippen molar-refractivity contribution in [2.45, 2.75) is 19.4 Å². The summed E-state index contributed by atoms with van der Waals surface area (Å²) in [5.74, 6) is 0.866. The fraction of sp³-hybridized carbons (Fsp3) is 0.417. The van der Waals surface area contributed by atoms with Gasteiger partial charge in [0.1, 0.15) is 5.69 Å². The third-order valence-electron chi connectivity index (χ3n) is 2.54. The molecule has 0 heterocycles. The van der Waals surface area contributed by atoms with Crippen LogP contribution in [0.15, 0.2) is 18.2 Å². The number of thioether (sulfide) groups is 1. The number of rotatable bonds is 6. The number of anilines is 1. The number of nitriles is 1. The minimum absolute atomic E-state index is 0.00792. The minimum Gasteiger partial charge on any atom is -0.376 e. The van der Waals surface area contributed by atoms with Gasteiger partial charge >= 0.3 is 0 Å². The van der Waals surface area contributed by atoms with E-state index in [0.717, 1.165) is 12.2 Å². The Morgan fingerprint density at radius 2 is 2.33 bits per heavy atom. The van der Waals surface area contributed by atoms with Gasteiger partial charge < -0.3 is 5.32 Å². The first kappa shape index (κ1) is 14.3. The summed E-state index contributed by atoms with van der Waals surface area (Å²) in [6.45, 7) is 2.02. The second kappa shape index (κ2) is 6.87. The van der Waals surface area contributed by atoms with Crippen molar-refractivity contribution in [3.63, 3.8) is 0 Å². The first-order chi connectivity index (χ1) is 8.62. The van der Waals surface area contributed by atoms with Gasteiger partial charge in [-0.3, -0.25) is 10.1 Å². The summed E-state index contributed by atoms with van der Waals surface area (Å²) < 4.78 is 0. The molecule has 1 unspecified atom stereocenters. The highest BCUT2D eigenvalue weighted by atomic mass is 32.2. The molecule has 0 saturated carbocycles. The van der Waals surface area contributed by atoms with Crippen LogP contribution in [0, 0.1) is 21.4 Å². The van der Waals surface area contributed by atoms with Gasteiger partial charge in [0.05, 0.1) is 16.6 Å². The summed E-state index contributed by atoms with van der Waals surface area (Å²) in [4.78, 5) is 10.5. The van der Waals surface area contributed by atoms with E-state index in [1.165, 1.54) is 18.2 Å². The molecule has 0 aliphatic rings. The molecule has 6 heteroatoms. The molecule has 1 aromatic rings. The van der Waals surface area contributed by atoms with E-state index in [2.05, 4.69) is 5.32 Å². The number of hydrogen-bond donors (Lipinski definition) is 1. The van der Waals surface area contributed by atoms with E-state index in [-0.39, 0.29) is 11.7 Å². The van der Waals surface area contributed by atoms with Crippen LogP contribution in [0.5, 0.6) is 0 Å². The van der Waals surface area contributed by atoms with E-state index in [1.807, 2.05) is 19.2 Å². The van der Waals surface area contributed by atoms with Crippen LogP contribution >= 0.6 is 11.8 Å². The maximum atomic E-state index is 10.9. The standard InChI is InChI=1S/C12H15N3O2S/c1-3-10(8-18-2)14-11-6-9(7-13)4-5-12(11)15(16)17/h4-6,10,14H,3,8H2,1-2H3. The van der Waals surface area contributed by atoms with Crippen molar-refractivity contribution in [2.24, 2.45) is 0 Å². The van der Waals surface area contributed by atoms with E-state index in [9.17, 15) is 10.1 Å². The van der Waals surface area contributed by atoms with Crippen LogP contribution in [-0.2, 0) is 0 Å². The Morgan fingerprint density at radius 3 is 2.83 bits per heavy atom. The van der Waals surface area contributed by atoms with E-state index < -0.39 is 4.92 Å². The number of nitrogens with one attached hydrogen (secondary N) is 1. The lowest BCUT2D eigenvalue weighted by Gasteiger charge is -2.17. The van der Waals surface area contributed by atoms with Crippen molar-refractivity contribution in [2.75, 3.05) is 17.3 Å². The van der Waals surface area contributed by atoms with Crippen LogP contribution in [0.25, 0.3) is 0 Å². The zero-order valence-electron chi connectivity index (χ0n) is 10.3. The zero-order valence-corrected chi connectivity index (χ0v) is 11.2. The summed E-state index contributed by atoms with van der Waals surface area (Å²) in [7, 11) is 0. The molecule has 18 heavy (non-hydrogen) atoms. The van der Waals surface area contributed by atoms with Crippen LogP contribution in [0.2, 0.25) is 0 Å². The lowest BCUT2D eigenvalue weighted by Crippen LogP contribution is -2.21. The van der Waals surface area contributed by atoms with Gasteiger partial charge in [0.15, 0.2) is 0 Å². The molecule has 1 rings (SSSR count). The molecule has 1 N–H and O–H groups in total. The Kier molecular flexibility index (Phi) is 5.46. The highest BCUT2D eigenvalue weighted by molar-refractivity contribution is 7.98. The van der Waals surface area contributed by atoms with Crippen molar-refractivity contribution in [1.82, 2.24) is 0 Å². The van der Waals surface area contributed by atoms with Crippen LogP contribution < -0.4 is 5.32 Å². The minimum atomic E-state index is -0.435. The molecule has 1 aromatic carbocycles. The second-order valence-corrected chi connectivity index (χ2v) is 4.72.